The predicted octanol–water partition coefficient (Wildman–Crippen LogP) is 8.97. The number of rotatable bonds is 26. The lowest BCUT2D eigenvalue weighted by Gasteiger charge is -2.30. The molecule has 2 heterocycles. The van der Waals surface area contributed by atoms with Crippen molar-refractivity contribution in [3.05, 3.63) is 81.8 Å². The summed E-state index contributed by atoms with van der Waals surface area (Å²) < 4.78 is 29.0. The number of imidazole rings is 1. The van der Waals surface area contributed by atoms with Gasteiger partial charge in [-0.1, -0.05) is 71.7 Å². The second kappa shape index (κ2) is 23.6. The van der Waals surface area contributed by atoms with E-state index in [1.54, 1.807) is 0 Å². The molecule has 0 spiro atoms. The van der Waals surface area contributed by atoms with Crippen LogP contribution in [0.25, 0.3) is 5.76 Å². The molecule has 2 aromatic rings. The average molecular weight is 795 g/mol. The summed E-state index contributed by atoms with van der Waals surface area (Å²) in [5.41, 5.74) is 3.40. The van der Waals surface area contributed by atoms with Crippen LogP contribution in [0.15, 0.2) is 54.0 Å². The topological polar surface area (TPSA) is 64.5 Å². The van der Waals surface area contributed by atoms with E-state index in [-0.39, 0.29) is 17.9 Å². The number of allylic oxidation sites excluding steroid dienone is 3. The molecule has 5 rings (SSSR count). The van der Waals surface area contributed by atoms with Crippen LogP contribution in [0.3, 0.4) is 0 Å². The van der Waals surface area contributed by atoms with Gasteiger partial charge >= 0.3 is 0 Å². The first-order chi connectivity index (χ1) is 27.4. The third-order valence-corrected chi connectivity index (χ3v) is 11.9. The van der Waals surface area contributed by atoms with Crippen LogP contribution < -0.4 is 0 Å². The number of benzene rings is 1. The summed E-state index contributed by atoms with van der Waals surface area (Å²) in [7, 11) is 0. The molecule has 1 saturated heterocycles. The molecule has 0 amide bonds. The van der Waals surface area contributed by atoms with Gasteiger partial charge in [-0.3, -0.25) is 4.90 Å². The second-order valence-electron chi connectivity index (χ2n) is 15.6. The number of aromatic nitrogens is 2. The van der Waals surface area contributed by atoms with E-state index >= 15 is 0 Å². The van der Waals surface area contributed by atoms with Gasteiger partial charge in [0.2, 0.25) is 0 Å². The molecule has 9 nitrogen and oxygen atoms in total. The Kier molecular flexibility index (Phi) is 18.6. The molecule has 3 atom stereocenters. The SMILES string of the molecule is CCCCn1c(C2C(OCCCN(CC)CC)=CC(OCCc3ccc(Cl)cc3)=CC2C)nc2c1CC(OCCCN(CC)CC)C=C2OCCN1CCCC1. The van der Waals surface area contributed by atoms with Crippen LogP contribution >= 0.6 is 11.6 Å². The van der Waals surface area contributed by atoms with Gasteiger partial charge in [0.15, 0.2) is 0 Å². The zero-order valence-corrected chi connectivity index (χ0v) is 36.3. The molecule has 312 valence electrons. The highest BCUT2D eigenvalue weighted by atomic mass is 35.5. The fourth-order valence-corrected chi connectivity index (χ4v) is 8.35. The van der Waals surface area contributed by atoms with E-state index in [1.807, 2.05) is 12.1 Å². The first-order valence-electron chi connectivity index (χ1n) is 22.0. The summed E-state index contributed by atoms with van der Waals surface area (Å²) in [5.74, 6) is 3.79. The number of fused-ring (bicyclic) bond motifs is 1. The van der Waals surface area contributed by atoms with Crippen molar-refractivity contribution in [3.8, 4) is 0 Å². The highest BCUT2D eigenvalue weighted by Crippen LogP contribution is 2.41. The lowest BCUT2D eigenvalue weighted by atomic mass is 9.86. The Balaban J connectivity index is 1.41. The second-order valence-corrected chi connectivity index (χ2v) is 16.0. The Hall–Kier alpha value is -2.82. The Labute approximate surface area is 344 Å². The lowest BCUT2D eigenvalue weighted by Crippen LogP contribution is -2.28. The highest BCUT2D eigenvalue weighted by Gasteiger charge is 2.37. The molecule has 1 aliphatic heterocycles. The van der Waals surface area contributed by atoms with Gasteiger partial charge < -0.3 is 33.3 Å². The van der Waals surface area contributed by atoms with Gasteiger partial charge in [0, 0.05) is 56.7 Å². The number of halogens is 1. The van der Waals surface area contributed by atoms with E-state index < -0.39 is 0 Å². The van der Waals surface area contributed by atoms with Crippen LogP contribution in [0.4, 0.5) is 0 Å². The molecule has 1 fully saturated rings. The molecular weight excluding hydrogens is 722 g/mol. The van der Waals surface area contributed by atoms with Gasteiger partial charge in [0.1, 0.15) is 35.4 Å². The Morgan fingerprint density at radius 3 is 2.16 bits per heavy atom. The maximum atomic E-state index is 6.80. The van der Waals surface area contributed by atoms with Crippen molar-refractivity contribution in [1.82, 2.24) is 24.3 Å². The number of hydrogen-bond acceptors (Lipinski definition) is 8. The summed E-state index contributed by atoms with van der Waals surface area (Å²) in [4.78, 5) is 13.0. The van der Waals surface area contributed by atoms with Gasteiger partial charge in [-0.15, -0.1) is 0 Å². The quantitative estimate of drug-likeness (QED) is 0.0876. The first-order valence-corrected chi connectivity index (χ1v) is 22.4. The van der Waals surface area contributed by atoms with Crippen LogP contribution in [0.5, 0.6) is 0 Å². The summed E-state index contributed by atoms with van der Waals surface area (Å²) >= 11 is 6.14. The normalized spacial score (nSPS) is 19.9. The van der Waals surface area contributed by atoms with E-state index in [0.29, 0.717) is 19.8 Å². The van der Waals surface area contributed by atoms with Crippen LogP contribution in [0, 0.1) is 5.92 Å². The van der Waals surface area contributed by atoms with Crippen molar-refractivity contribution in [2.45, 2.75) is 111 Å². The number of hydrogen-bond donors (Lipinski definition) is 0. The van der Waals surface area contributed by atoms with Crippen molar-refractivity contribution in [1.29, 1.82) is 0 Å². The molecule has 1 aromatic heterocycles. The van der Waals surface area contributed by atoms with Crippen LogP contribution in [0.2, 0.25) is 5.02 Å². The fourth-order valence-electron chi connectivity index (χ4n) is 8.22. The average Bonchev–Trinajstić information content (AvgIpc) is 3.86. The summed E-state index contributed by atoms with van der Waals surface area (Å²) in [6.45, 7) is 26.5. The molecule has 3 unspecified atom stereocenters. The molecular formula is C46H72ClN5O4. The van der Waals surface area contributed by atoms with Crippen LogP contribution in [-0.4, -0.2) is 116 Å². The molecule has 10 heteroatoms. The minimum atomic E-state index is -0.0541. The Morgan fingerprint density at radius 2 is 1.48 bits per heavy atom. The van der Waals surface area contributed by atoms with Gasteiger partial charge in [0.05, 0.1) is 30.9 Å². The molecule has 0 bridgehead atoms. The van der Waals surface area contributed by atoms with Gasteiger partial charge in [-0.2, -0.15) is 0 Å². The summed E-state index contributed by atoms with van der Waals surface area (Å²) in [5, 5.41) is 0.749. The van der Waals surface area contributed by atoms with Gasteiger partial charge in [0.25, 0.3) is 0 Å². The van der Waals surface area contributed by atoms with Gasteiger partial charge in [-0.05, 0) is 107 Å². The minimum Gasteiger partial charge on any atom is -0.497 e. The molecule has 0 N–H and O–H groups in total. The van der Waals surface area contributed by atoms with E-state index in [9.17, 15) is 0 Å². The Bertz CT molecular complexity index is 1540. The third kappa shape index (κ3) is 12.8. The summed E-state index contributed by atoms with van der Waals surface area (Å²) in [6, 6.07) is 8.01. The molecule has 3 aliphatic rings. The van der Waals surface area contributed by atoms with Crippen molar-refractivity contribution >= 4 is 17.4 Å². The molecule has 0 saturated carbocycles. The van der Waals surface area contributed by atoms with Crippen LogP contribution in [0.1, 0.15) is 109 Å². The van der Waals surface area contributed by atoms with Crippen molar-refractivity contribution in [3.63, 3.8) is 0 Å². The third-order valence-electron chi connectivity index (χ3n) is 11.7. The summed E-state index contributed by atoms with van der Waals surface area (Å²) in [6.07, 6.45) is 14.8. The van der Waals surface area contributed by atoms with Gasteiger partial charge in [-0.25, -0.2) is 4.98 Å². The maximum Gasteiger partial charge on any atom is 0.145 e. The molecule has 2 aliphatic carbocycles. The Morgan fingerprint density at radius 1 is 0.786 bits per heavy atom. The monoisotopic (exact) mass is 794 g/mol. The zero-order chi connectivity index (χ0) is 39.7. The van der Waals surface area contributed by atoms with Crippen molar-refractivity contribution in [2.75, 3.05) is 85.3 Å². The molecule has 0 radical (unpaired) electrons. The molecule has 1 aromatic carbocycles. The lowest BCUT2D eigenvalue weighted by molar-refractivity contribution is 0.0731. The fraction of sp³-hybridized carbons (Fsp3) is 0.674. The number of unbranched alkanes of at least 4 members (excludes halogenated alkanes) is 1. The number of ether oxygens (including phenoxy) is 4. The van der Waals surface area contributed by atoms with Crippen LogP contribution in [-0.2, 0) is 38.3 Å². The van der Waals surface area contributed by atoms with Crippen molar-refractivity contribution < 1.29 is 18.9 Å². The number of nitrogens with zero attached hydrogens (tertiary/aromatic N) is 5. The van der Waals surface area contributed by atoms with E-state index in [0.717, 1.165) is 144 Å². The molecule has 56 heavy (non-hydrogen) atoms. The predicted molar refractivity (Wildman–Crippen MR) is 230 cm³/mol. The number of likely N-dealkylation sites (tertiary alicyclic amines) is 1. The van der Waals surface area contributed by atoms with E-state index in [2.05, 4.69) is 91.2 Å². The highest BCUT2D eigenvalue weighted by molar-refractivity contribution is 6.30. The zero-order valence-electron chi connectivity index (χ0n) is 35.6. The first kappa shape index (κ1) is 44.3. The maximum absolute atomic E-state index is 6.80. The minimum absolute atomic E-state index is 0.0474. The van der Waals surface area contributed by atoms with E-state index in [4.69, 9.17) is 35.5 Å². The largest absolute Gasteiger partial charge is 0.497 e. The standard InChI is InChI=1S/C46H72ClN5O4/c1-7-12-26-52-41-33-40(53-28-15-24-49(8-2)9-3)35-43(56-31-27-51-22-13-14-23-51)45(41)48-46(52)44-36(6)32-39(54-30-21-37-17-19-38(47)20-18-37)34-42(44)55-29-16-25-50(10-4)11-5/h17-20,32,34-36,40,44H,7-16,21-31,33H2,1-6H3. The van der Waals surface area contributed by atoms with Crippen molar-refractivity contribution in [2.24, 2.45) is 5.92 Å². The van der Waals surface area contributed by atoms with E-state index in [1.165, 1.54) is 24.1 Å². The smallest absolute Gasteiger partial charge is 0.145 e.